The molecule has 9 nitrogen and oxygen atoms in total. The summed E-state index contributed by atoms with van der Waals surface area (Å²) in [5.41, 5.74) is 4.74. The maximum absolute atomic E-state index is 14.9. The van der Waals surface area contributed by atoms with E-state index in [9.17, 15) is 9.18 Å². The van der Waals surface area contributed by atoms with Gasteiger partial charge in [-0.15, -0.1) is 0 Å². The largest absolute Gasteiger partial charge is 0.465 e. The van der Waals surface area contributed by atoms with Crippen molar-refractivity contribution in [2.45, 2.75) is 44.7 Å². The molecule has 1 unspecified atom stereocenters. The van der Waals surface area contributed by atoms with E-state index in [-0.39, 0.29) is 23.2 Å². The summed E-state index contributed by atoms with van der Waals surface area (Å²) in [6, 6.07) is 17.5. The lowest BCUT2D eigenvalue weighted by atomic mass is 9.98. The second-order valence-electron chi connectivity index (χ2n) is 11.4. The number of imidazole rings is 1. The van der Waals surface area contributed by atoms with Crippen molar-refractivity contribution in [2.75, 3.05) is 26.8 Å². The van der Waals surface area contributed by atoms with Gasteiger partial charge in [0.25, 0.3) is 5.79 Å². The molecule has 0 spiro atoms. The second-order valence-corrected chi connectivity index (χ2v) is 11.4. The fourth-order valence-corrected chi connectivity index (χ4v) is 6.12. The lowest BCUT2D eigenvalue weighted by molar-refractivity contribution is -0.0708. The van der Waals surface area contributed by atoms with Gasteiger partial charge in [-0.1, -0.05) is 18.2 Å². The minimum atomic E-state index is -1.35. The van der Waals surface area contributed by atoms with Crippen molar-refractivity contribution in [1.29, 1.82) is 5.26 Å². The van der Waals surface area contributed by atoms with Crippen molar-refractivity contribution in [3.63, 3.8) is 0 Å². The van der Waals surface area contributed by atoms with Gasteiger partial charge in [-0.25, -0.2) is 14.2 Å². The van der Waals surface area contributed by atoms with E-state index in [1.807, 2.05) is 36.4 Å². The molecule has 0 N–H and O–H groups in total. The Labute approximate surface area is 254 Å². The molecule has 44 heavy (non-hydrogen) atoms. The number of nitrogens with zero attached hydrogens (tertiary/aromatic N) is 4. The molecule has 4 aromatic rings. The fourth-order valence-electron chi connectivity index (χ4n) is 6.12. The first-order valence-corrected chi connectivity index (χ1v) is 14.7. The number of para-hydroxylation sites is 1. The monoisotopic (exact) mass is 594 g/mol. The number of nitriles is 1. The van der Waals surface area contributed by atoms with Gasteiger partial charge < -0.3 is 23.5 Å². The molecule has 3 aliphatic heterocycles. The summed E-state index contributed by atoms with van der Waals surface area (Å²) >= 11 is 0. The molecule has 3 aromatic carbocycles. The zero-order valence-corrected chi connectivity index (χ0v) is 24.5. The molecule has 0 bridgehead atoms. The summed E-state index contributed by atoms with van der Waals surface area (Å²) in [7, 11) is 1.38. The lowest BCUT2D eigenvalue weighted by Gasteiger charge is -2.29. The third-order valence-corrected chi connectivity index (χ3v) is 8.60. The predicted molar refractivity (Wildman–Crippen MR) is 159 cm³/mol. The van der Waals surface area contributed by atoms with Crippen LogP contribution in [0.4, 0.5) is 4.39 Å². The highest BCUT2D eigenvalue weighted by atomic mass is 19.1. The molecule has 0 amide bonds. The van der Waals surface area contributed by atoms with Gasteiger partial charge in [-0.3, -0.25) is 4.90 Å². The van der Waals surface area contributed by atoms with Crippen LogP contribution in [0.1, 0.15) is 52.6 Å². The number of rotatable bonds is 7. The van der Waals surface area contributed by atoms with Gasteiger partial charge in [-0.2, -0.15) is 5.26 Å². The fraction of sp³-hybridized carbons (Fsp3) is 0.324. The average Bonchev–Trinajstić information content (AvgIpc) is 3.54. The van der Waals surface area contributed by atoms with Crippen LogP contribution < -0.4 is 9.47 Å². The molecule has 0 aliphatic carbocycles. The Bertz CT molecular complexity index is 1860. The van der Waals surface area contributed by atoms with Gasteiger partial charge in [0.2, 0.25) is 0 Å². The predicted octanol–water partition coefficient (Wildman–Crippen LogP) is 5.56. The topological polar surface area (TPSA) is 98.8 Å². The third-order valence-electron chi connectivity index (χ3n) is 8.60. The number of benzene rings is 3. The molecule has 2 atom stereocenters. The minimum absolute atomic E-state index is 0.131. The van der Waals surface area contributed by atoms with Crippen LogP contribution in [0, 0.1) is 17.1 Å². The molecule has 10 heteroatoms. The molecule has 7 rings (SSSR count). The number of methoxy groups -OCH3 is 1. The molecular formula is C34H31FN4O5. The highest BCUT2D eigenvalue weighted by Crippen LogP contribution is 2.49. The van der Waals surface area contributed by atoms with Crippen LogP contribution in [-0.2, 0) is 28.4 Å². The molecule has 4 heterocycles. The summed E-state index contributed by atoms with van der Waals surface area (Å²) < 4.78 is 40.2. The number of hydrogen-bond donors (Lipinski definition) is 0. The smallest absolute Gasteiger partial charge is 0.337 e. The normalized spacial score (nSPS) is 21.0. The van der Waals surface area contributed by atoms with Gasteiger partial charge >= 0.3 is 5.97 Å². The van der Waals surface area contributed by atoms with E-state index in [0.29, 0.717) is 36.7 Å². The first kappa shape index (κ1) is 28.1. The van der Waals surface area contributed by atoms with Crippen LogP contribution >= 0.6 is 0 Å². The lowest BCUT2D eigenvalue weighted by Crippen LogP contribution is -2.34. The summed E-state index contributed by atoms with van der Waals surface area (Å²) in [5, 5.41) is 9.12. The first-order chi connectivity index (χ1) is 21.3. The maximum atomic E-state index is 14.9. The van der Waals surface area contributed by atoms with Crippen molar-refractivity contribution >= 4 is 22.6 Å². The van der Waals surface area contributed by atoms with Crippen molar-refractivity contribution in [3.05, 3.63) is 94.6 Å². The second kappa shape index (κ2) is 11.1. The van der Waals surface area contributed by atoms with Crippen molar-refractivity contribution < 1.29 is 28.1 Å². The van der Waals surface area contributed by atoms with Gasteiger partial charge in [0, 0.05) is 32.2 Å². The quantitative estimate of drug-likeness (QED) is 0.257. The van der Waals surface area contributed by atoms with E-state index in [2.05, 4.69) is 15.5 Å². The standard InChI is InChI=1S/C34H31FN4O5/c1-34(26-8-6-21(18-36)16-27(26)35)43-30-5-3-4-25(32(30)44-34)22-10-13-38(14-11-22)20-31-37-28-9-7-23(33(40)41-2)17-29(28)39(31)19-24-12-15-42-24/h3-10,16-17,24H,11-15,19-20H2,1-2H3/t24-,34?/m0/s1. The van der Waals surface area contributed by atoms with E-state index < -0.39 is 11.6 Å². The van der Waals surface area contributed by atoms with E-state index in [1.54, 1.807) is 19.1 Å². The Morgan fingerprint density at radius 1 is 1.20 bits per heavy atom. The number of fused-ring (bicyclic) bond motifs is 2. The molecule has 3 aliphatic rings. The van der Waals surface area contributed by atoms with Crippen LogP contribution in [0.25, 0.3) is 16.6 Å². The molecule has 1 fully saturated rings. The molecule has 1 saturated heterocycles. The number of hydrogen-bond acceptors (Lipinski definition) is 8. The van der Waals surface area contributed by atoms with Crippen molar-refractivity contribution in [2.24, 2.45) is 0 Å². The Morgan fingerprint density at radius 3 is 2.77 bits per heavy atom. The molecule has 0 radical (unpaired) electrons. The Kier molecular flexibility index (Phi) is 7.07. The number of ether oxygens (including phenoxy) is 4. The number of carbonyl (C=O) groups is 1. The highest BCUT2D eigenvalue weighted by molar-refractivity contribution is 5.93. The molecule has 0 saturated carbocycles. The summed E-state index contributed by atoms with van der Waals surface area (Å²) in [5.74, 6) is -0.220. The van der Waals surface area contributed by atoms with Gasteiger partial charge in [0.15, 0.2) is 11.5 Å². The van der Waals surface area contributed by atoms with Gasteiger partial charge in [-0.05, 0) is 60.9 Å². The van der Waals surface area contributed by atoms with Crippen LogP contribution in [-0.4, -0.2) is 53.3 Å². The highest BCUT2D eigenvalue weighted by Gasteiger charge is 2.42. The van der Waals surface area contributed by atoms with E-state index >= 15 is 0 Å². The van der Waals surface area contributed by atoms with Crippen LogP contribution in [0.5, 0.6) is 11.5 Å². The van der Waals surface area contributed by atoms with Crippen molar-refractivity contribution in [1.82, 2.24) is 14.5 Å². The SMILES string of the molecule is COC(=O)c1ccc2nc(CN3CC=C(c4cccc5c4OC(C)(c4ccc(C#N)cc4F)O5)CC3)n(C[C@@H]3CCO3)c2c1. The zero-order chi connectivity index (χ0) is 30.4. The van der Waals surface area contributed by atoms with Crippen molar-refractivity contribution in [3.8, 4) is 17.6 Å². The Morgan fingerprint density at radius 2 is 2.07 bits per heavy atom. The van der Waals surface area contributed by atoms with E-state index in [4.69, 9.17) is 29.2 Å². The van der Waals surface area contributed by atoms with E-state index in [0.717, 1.165) is 54.0 Å². The first-order valence-electron chi connectivity index (χ1n) is 14.7. The van der Waals surface area contributed by atoms with E-state index in [1.165, 1.54) is 19.2 Å². The molecular weight excluding hydrogens is 563 g/mol. The number of carbonyl (C=O) groups excluding carboxylic acids is 1. The summed E-state index contributed by atoms with van der Waals surface area (Å²) in [6.07, 6.45) is 4.10. The Hall–Kier alpha value is -4.72. The molecule has 1 aromatic heterocycles. The van der Waals surface area contributed by atoms with Crippen LogP contribution in [0.15, 0.2) is 60.7 Å². The number of halogens is 1. The summed E-state index contributed by atoms with van der Waals surface area (Å²) in [4.78, 5) is 19.5. The average molecular weight is 595 g/mol. The number of aromatic nitrogens is 2. The Balaban J connectivity index is 1.12. The van der Waals surface area contributed by atoms with Crippen LogP contribution in [0.3, 0.4) is 0 Å². The number of esters is 1. The van der Waals surface area contributed by atoms with Crippen LogP contribution in [0.2, 0.25) is 0 Å². The van der Waals surface area contributed by atoms with Gasteiger partial charge in [0.05, 0.1) is 60.1 Å². The summed E-state index contributed by atoms with van der Waals surface area (Å²) in [6.45, 7) is 5.28. The molecule has 224 valence electrons. The van der Waals surface area contributed by atoms with Gasteiger partial charge in [0.1, 0.15) is 11.6 Å². The zero-order valence-electron chi connectivity index (χ0n) is 24.5. The third kappa shape index (κ3) is 4.98. The minimum Gasteiger partial charge on any atom is -0.465 e. The maximum Gasteiger partial charge on any atom is 0.337 e.